The lowest BCUT2D eigenvalue weighted by Gasteiger charge is -2.61. The molecule has 0 bridgehead atoms. The molecule has 0 unspecified atom stereocenters. The highest BCUT2D eigenvalue weighted by Gasteiger charge is 2.60. The van der Waals surface area contributed by atoms with Gasteiger partial charge in [-0.3, -0.25) is 0 Å². The van der Waals surface area contributed by atoms with E-state index in [9.17, 15) is 5.11 Å². The summed E-state index contributed by atoms with van der Waals surface area (Å²) in [5, 5.41) is 10.2. The molecule has 0 heterocycles. The molecule has 4 rings (SSSR count). The van der Waals surface area contributed by atoms with Crippen molar-refractivity contribution in [2.75, 3.05) is 0 Å². The molecule has 0 aromatic carbocycles. The number of hydrogen-bond acceptors (Lipinski definition) is 1. The van der Waals surface area contributed by atoms with Crippen molar-refractivity contribution < 1.29 is 5.11 Å². The van der Waals surface area contributed by atoms with Gasteiger partial charge in [0, 0.05) is 0 Å². The molecule has 1 N–H and O–H groups in total. The van der Waals surface area contributed by atoms with Crippen LogP contribution in [-0.4, -0.2) is 11.2 Å². The number of hydrogen-bond donors (Lipinski definition) is 1. The Kier molecular flexibility index (Phi) is 5.80. The summed E-state index contributed by atoms with van der Waals surface area (Å²) in [6.07, 6.45) is 18.3. The van der Waals surface area contributed by atoms with E-state index in [1.54, 1.807) is 0 Å². The largest absolute Gasteiger partial charge is 0.393 e. The van der Waals surface area contributed by atoms with E-state index in [2.05, 4.69) is 46.8 Å². The van der Waals surface area contributed by atoms with Crippen LogP contribution < -0.4 is 0 Å². The zero-order valence-electron chi connectivity index (χ0n) is 19.3. The monoisotopic (exact) mass is 386 g/mol. The molecule has 4 aliphatic rings. The second-order valence-electron chi connectivity index (χ2n) is 12.2. The number of rotatable bonds is 4. The Morgan fingerprint density at radius 3 is 2.36 bits per heavy atom. The summed E-state index contributed by atoms with van der Waals surface area (Å²) < 4.78 is 0. The summed E-state index contributed by atoms with van der Waals surface area (Å²) >= 11 is 0. The van der Waals surface area contributed by atoms with Crippen LogP contribution in [0.5, 0.6) is 0 Å². The molecule has 0 amide bonds. The van der Waals surface area contributed by atoms with Crippen LogP contribution in [0.1, 0.15) is 98.8 Å². The van der Waals surface area contributed by atoms with Gasteiger partial charge in [-0.1, -0.05) is 46.8 Å². The van der Waals surface area contributed by atoms with Gasteiger partial charge in [0.15, 0.2) is 0 Å². The quantitative estimate of drug-likeness (QED) is 0.505. The molecule has 9 atom stereocenters. The average molecular weight is 387 g/mol. The molecule has 4 fully saturated rings. The summed E-state index contributed by atoms with van der Waals surface area (Å²) in [7, 11) is 0. The van der Waals surface area contributed by atoms with Gasteiger partial charge in [0.05, 0.1) is 6.10 Å². The third-order valence-corrected chi connectivity index (χ3v) is 10.4. The second-order valence-corrected chi connectivity index (χ2v) is 12.2. The molecule has 28 heavy (non-hydrogen) atoms. The van der Waals surface area contributed by atoms with Crippen molar-refractivity contribution in [1.82, 2.24) is 0 Å². The van der Waals surface area contributed by atoms with Crippen LogP contribution >= 0.6 is 0 Å². The lowest BCUT2D eigenvalue weighted by molar-refractivity contribution is -0.128. The zero-order chi connectivity index (χ0) is 20.1. The number of fused-ring (bicyclic) bond motifs is 5. The molecule has 0 aliphatic heterocycles. The van der Waals surface area contributed by atoms with E-state index in [0.29, 0.717) is 10.8 Å². The first kappa shape index (κ1) is 21.0. The summed E-state index contributed by atoms with van der Waals surface area (Å²) in [5.74, 6) is 6.05. The summed E-state index contributed by atoms with van der Waals surface area (Å²) in [4.78, 5) is 0. The van der Waals surface area contributed by atoms with Crippen LogP contribution in [0.15, 0.2) is 12.2 Å². The first-order valence-corrected chi connectivity index (χ1v) is 12.6. The van der Waals surface area contributed by atoms with Gasteiger partial charge in [-0.15, -0.1) is 0 Å². The first-order chi connectivity index (χ1) is 13.3. The minimum Gasteiger partial charge on any atom is -0.393 e. The van der Waals surface area contributed by atoms with Crippen molar-refractivity contribution in [3.8, 4) is 0 Å². The molecule has 1 nitrogen and oxygen atoms in total. The third-order valence-electron chi connectivity index (χ3n) is 10.4. The Bertz CT molecular complexity index is 579. The van der Waals surface area contributed by atoms with Crippen molar-refractivity contribution in [2.45, 2.75) is 105 Å². The van der Waals surface area contributed by atoms with Crippen LogP contribution in [0, 0.1) is 52.3 Å². The Morgan fingerprint density at radius 1 is 0.893 bits per heavy atom. The molecule has 0 spiro atoms. The zero-order valence-corrected chi connectivity index (χ0v) is 19.3. The SMILES string of the molecule is CC(C)C/C=C/[C@@H](C)[C@H]1CC[C@H]2[C@@H]3CC[C@@H]4C[C@@H](O)CC[C@]4(C)[C@H]3CC[C@]12C. The molecule has 1 heteroatoms. The highest BCUT2D eigenvalue weighted by molar-refractivity contribution is 5.11. The van der Waals surface area contributed by atoms with Gasteiger partial charge in [0.1, 0.15) is 0 Å². The van der Waals surface area contributed by atoms with Gasteiger partial charge in [0.2, 0.25) is 0 Å². The second kappa shape index (κ2) is 7.75. The molecular weight excluding hydrogens is 340 g/mol. The summed E-state index contributed by atoms with van der Waals surface area (Å²) in [6.45, 7) is 12.4. The van der Waals surface area contributed by atoms with E-state index in [0.717, 1.165) is 54.3 Å². The maximum atomic E-state index is 10.2. The van der Waals surface area contributed by atoms with Crippen molar-refractivity contribution in [3.05, 3.63) is 12.2 Å². The Morgan fingerprint density at radius 2 is 1.61 bits per heavy atom. The number of aliphatic hydroxyl groups excluding tert-OH is 1. The van der Waals surface area contributed by atoms with Gasteiger partial charge in [-0.25, -0.2) is 0 Å². The fourth-order valence-electron chi connectivity index (χ4n) is 8.84. The van der Waals surface area contributed by atoms with Crippen LogP contribution in [-0.2, 0) is 0 Å². The van der Waals surface area contributed by atoms with Gasteiger partial charge < -0.3 is 5.11 Å². The molecule has 0 saturated heterocycles. The third kappa shape index (κ3) is 3.42. The van der Waals surface area contributed by atoms with E-state index >= 15 is 0 Å². The van der Waals surface area contributed by atoms with Crippen molar-refractivity contribution in [3.63, 3.8) is 0 Å². The summed E-state index contributed by atoms with van der Waals surface area (Å²) in [5.41, 5.74) is 1.09. The van der Waals surface area contributed by atoms with Crippen molar-refractivity contribution in [1.29, 1.82) is 0 Å². The molecule has 4 saturated carbocycles. The smallest absolute Gasteiger partial charge is 0.0543 e. The van der Waals surface area contributed by atoms with Gasteiger partial charge >= 0.3 is 0 Å². The lowest BCUT2D eigenvalue weighted by Crippen LogP contribution is -2.54. The normalized spacial score (nSPS) is 49.7. The standard InChI is InChI=1S/C27H46O/c1-18(2)7-6-8-19(3)23-11-12-24-22-10-9-20-17-21(28)13-15-26(20,4)25(22)14-16-27(23,24)5/h6,8,18-25,28H,7,9-17H2,1-5H3/b8-6+/t19-,20-,21+,22+,23-,24+,25+,26+,27-/m1/s1. The minimum atomic E-state index is -0.0159. The Balaban J connectivity index is 1.50. The number of aliphatic hydroxyl groups is 1. The van der Waals surface area contributed by atoms with Crippen LogP contribution in [0.25, 0.3) is 0 Å². The van der Waals surface area contributed by atoms with Crippen LogP contribution in [0.3, 0.4) is 0 Å². The fraction of sp³-hybridized carbons (Fsp3) is 0.926. The van der Waals surface area contributed by atoms with E-state index < -0.39 is 0 Å². The van der Waals surface area contributed by atoms with E-state index in [1.807, 2.05) is 0 Å². The van der Waals surface area contributed by atoms with Gasteiger partial charge in [-0.05, 0) is 116 Å². The molecule has 4 aliphatic carbocycles. The Hall–Kier alpha value is -0.300. The number of allylic oxidation sites excluding steroid dienone is 2. The van der Waals surface area contributed by atoms with Crippen LogP contribution in [0.2, 0.25) is 0 Å². The summed E-state index contributed by atoms with van der Waals surface area (Å²) in [6, 6.07) is 0. The maximum Gasteiger partial charge on any atom is 0.0543 e. The maximum absolute atomic E-state index is 10.2. The highest BCUT2D eigenvalue weighted by atomic mass is 16.3. The van der Waals surface area contributed by atoms with Crippen LogP contribution in [0.4, 0.5) is 0 Å². The Labute approximate surface area is 174 Å². The van der Waals surface area contributed by atoms with Gasteiger partial charge in [0.25, 0.3) is 0 Å². The van der Waals surface area contributed by atoms with E-state index in [-0.39, 0.29) is 6.10 Å². The molecule has 0 aromatic heterocycles. The van der Waals surface area contributed by atoms with Gasteiger partial charge in [-0.2, -0.15) is 0 Å². The molecular formula is C27H46O. The molecule has 0 aromatic rings. The predicted molar refractivity (Wildman–Crippen MR) is 119 cm³/mol. The first-order valence-electron chi connectivity index (χ1n) is 12.6. The highest BCUT2D eigenvalue weighted by Crippen LogP contribution is 2.68. The average Bonchev–Trinajstić information content (AvgIpc) is 2.99. The minimum absolute atomic E-state index is 0.0159. The van der Waals surface area contributed by atoms with Crippen molar-refractivity contribution in [2.24, 2.45) is 52.3 Å². The molecule has 160 valence electrons. The fourth-order valence-corrected chi connectivity index (χ4v) is 8.84. The van der Waals surface area contributed by atoms with E-state index in [4.69, 9.17) is 0 Å². The molecule has 0 radical (unpaired) electrons. The van der Waals surface area contributed by atoms with Crippen molar-refractivity contribution >= 4 is 0 Å². The predicted octanol–water partition coefficient (Wildman–Crippen LogP) is 7.24. The topological polar surface area (TPSA) is 20.2 Å². The lowest BCUT2D eigenvalue weighted by atomic mass is 9.44. The van der Waals surface area contributed by atoms with E-state index in [1.165, 1.54) is 51.4 Å².